The lowest BCUT2D eigenvalue weighted by Gasteiger charge is -2.18. The third-order valence-electron chi connectivity index (χ3n) is 3.62. The zero-order valence-electron chi connectivity index (χ0n) is 13.2. The number of benzene rings is 2. The fourth-order valence-electron chi connectivity index (χ4n) is 2.44. The minimum Gasteiger partial charge on any atom is -0.212 e. The van der Waals surface area contributed by atoms with E-state index >= 15 is 0 Å². The topological polar surface area (TPSA) is 46.2 Å². The average Bonchev–Trinajstić information content (AvgIpc) is 2.44. The Morgan fingerprint density at radius 3 is 2.43 bits per heavy atom. The van der Waals surface area contributed by atoms with Crippen LogP contribution in [0.4, 0.5) is 0 Å². The highest BCUT2D eigenvalue weighted by molar-refractivity contribution is 7.88. The predicted molar refractivity (Wildman–Crippen MR) is 96.6 cm³/mol. The van der Waals surface area contributed by atoms with Crippen LogP contribution in [0.15, 0.2) is 36.4 Å². The first-order chi connectivity index (χ1) is 10.7. The second-order valence-electron chi connectivity index (χ2n) is 5.69. The maximum atomic E-state index is 12.4. The minimum absolute atomic E-state index is 0.182. The SMILES string of the molecule is Cc1ccc(C)c(C(C)NS(=O)(=O)Cc2ccc(Cl)cc2Cl)c1. The van der Waals surface area contributed by atoms with Crippen molar-refractivity contribution in [2.45, 2.75) is 32.6 Å². The molecular weight excluding hydrogens is 353 g/mol. The Hall–Kier alpha value is -1.07. The molecule has 2 aromatic rings. The van der Waals surface area contributed by atoms with Crippen LogP contribution in [0.25, 0.3) is 0 Å². The van der Waals surface area contributed by atoms with E-state index in [4.69, 9.17) is 23.2 Å². The minimum atomic E-state index is -3.52. The summed E-state index contributed by atoms with van der Waals surface area (Å²) in [4.78, 5) is 0. The molecule has 0 aliphatic carbocycles. The molecule has 0 saturated carbocycles. The molecule has 1 N–H and O–H groups in total. The van der Waals surface area contributed by atoms with Gasteiger partial charge in [-0.05, 0) is 49.6 Å². The first-order valence-electron chi connectivity index (χ1n) is 7.19. The number of nitrogens with one attached hydrogen (secondary N) is 1. The second-order valence-corrected chi connectivity index (χ2v) is 8.29. The number of halogens is 2. The average molecular weight is 372 g/mol. The second kappa shape index (κ2) is 7.22. The van der Waals surface area contributed by atoms with E-state index in [1.807, 2.05) is 39.0 Å². The summed E-state index contributed by atoms with van der Waals surface area (Å²) in [7, 11) is -3.52. The molecule has 0 bridgehead atoms. The number of hydrogen-bond acceptors (Lipinski definition) is 2. The van der Waals surface area contributed by atoms with Gasteiger partial charge in [0.15, 0.2) is 0 Å². The van der Waals surface area contributed by atoms with Crippen LogP contribution < -0.4 is 4.72 Å². The fourth-order valence-corrected chi connectivity index (χ4v) is 4.41. The van der Waals surface area contributed by atoms with Crippen LogP contribution in [-0.4, -0.2) is 8.42 Å². The summed E-state index contributed by atoms with van der Waals surface area (Å²) in [5, 5.41) is 0.829. The van der Waals surface area contributed by atoms with Crippen LogP contribution in [-0.2, 0) is 15.8 Å². The molecule has 3 nitrogen and oxygen atoms in total. The molecule has 0 heterocycles. The van der Waals surface area contributed by atoms with Crippen LogP contribution >= 0.6 is 23.2 Å². The molecule has 0 aliphatic rings. The molecule has 0 spiro atoms. The van der Waals surface area contributed by atoms with Crippen molar-refractivity contribution >= 4 is 33.2 Å². The first-order valence-corrected chi connectivity index (χ1v) is 9.60. The lowest BCUT2D eigenvalue weighted by molar-refractivity contribution is 0.565. The third kappa shape index (κ3) is 4.95. The lowest BCUT2D eigenvalue weighted by atomic mass is 10.0. The summed E-state index contributed by atoms with van der Waals surface area (Å²) < 4.78 is 27.5. The number of sulfonamides is 1. The normalized spacial score (nSPS) is 13.1. The van der Waals surface area contributed by atoms with Gasteiger partial charge in [0.25, 0.3) is 0 Å². The van der Waals surface area contributed by atoms with Gasteiger partial charge < -0.3 is 0 Å². The van der Waals surface area contributed by atoms with E-state index in [0.717, 1.165) is 16.7 Å². The number of rotatable bonds is 5. The van der Waals surface area contributed by atoms with Crippen molar-refractivity contribution in [1.82, 2.24) is 4.72 Å². The van der Waals surface area contributed by atoms with E-state index in [1.54, 1.807) is 18.2 Å². The maximum Gasteiger partial charge on any atom is 0.216 e. The molecule has 23 heavy (non-hydrogen) atoms. The van der Waals surface area contributed by atoms with Crippen LogP contribution in [0.1, 0.15) is 35.2 Å². The van der Waals surface area contributed by atoms with E-state index in [-0.39, 0.29) is 11.8 Å². The summed E-state index contributed by atoms with van der Waals surface area (Å²) >= 11 is 11.9. The smallest absolute Gasteiger partial charge is 0.212 e. The van der Waals surface area contributed by atoms with Gasteiger partial charge in [-0.2, -0.15) is 0 Å². The monoisotopic (exact) mass is 371 g/mol. The van der Waals surface area contributed by atoms with Crippen molar-refractivity contribution in [1.29, 1.82) is 0 Å². The maximum absolute atomic E-state index is 12.4. The van der Waals surface area contributed by atoms with E-state index < -0.39 is 10.0 Å². The van der Waals surface area contributed by atoms with Crippen LogP contribution in [0.2, 0.25) is 10.0 Å². The Kier molecular flexibility index (Phi) is 5.74. The Morgan fingerprint density at radius 1 is 1.09 bits per heavy atom. The molecule has 0 radical (unpaired) electrons. The van der Waals surface area contributed by atoms with Gasteiger partial charge in [-0.25, -0.2) is 13.1 Å². The molecule has 2 aromatic carbocycles. The van der Waals surface area contributed by atoms with E-state index in [9.17, 15) is 8.42 Å². The first kappa shape index (κ1) is 18.3. The Morgan fingerprint density at radius 2 is 1.78 bits per heavy atom. The van der Waals surface area contributed by atoms with Crippen molar-refractivity contribution < 1.29 is 8.42 Å². The van der Waals surface area contributed by atoms with Crippen molar-refractivity contribution in [3.8, 4) is 0 Å². The zero-order valence-corrected chi connectivity index (χ0v) is 15.6. The Labute approximate surface area is 147 Å². The molecular formula is C17H19Cl2NO2S. The highest BCUT2D eigenvalue weighted by Crippen LogP contribution is 2.24. The van der Waals surface area contributed by atoms with Gasteiger partial charge in [0, 0.05) is 16.1 Å². The molecule has 124 valence electrons. The third-order valence-corrected chi connectivity index (χ3v) is 5.61. The number of hydrogen-bond donors (Lipinski definition) is 1. The highest BCUT2D eigenvalue weighted by Gasteiger charge is 2.19. The van der Waals surface area contributed by atoms with Gasteiger partial charge in [-0.15, -0.1) is 0 Å². The van der Waals surface area contributed by atoms with Crippen LogP contribution in [0.3, 0.4) is 0 Å². The lowest BCUT2D eigenvalue weighted by Crippen LogP contribution is -2.28. The molecule has 0 amide bonds. The fraction of sp³-hybridized carbons (Fsp3) is 0.294. The van der Waals surface area contributed by atoms with Gasteiger partial charge in [-0.1, -0.05) is 53.0 Å². The molecule has 2 rings (SSSR count). The Balaban J connectivity index is 2.19. The van der Waals surface area contributed by atoms with E-state index in [2.05, 4.69) is 4.72 Å². The zero-order chi connectivity index (χ0) is 17.2. The van der Waals surface area contributed by atoms with E-state index in [0.29, 0.717) is 15.6 Å². The quantitative estimate of drug-likeness (QED) is 0.820. The van der Waals surface area contributed by atoms with Gasteiger partial charge >= 0.3 is 0 Å². The van der Waals surface area contributed by atoms with Crippen molar-refractivity contribution in [2.75, 3.05) is 0 Å². The summed E-state index contributed by atoms with van der Waals surface area (Å²) in [6.07, 6.45) is 0. The number of aryl methyl sites for hydroxylation is 2. The van der Waals surface area contributed by atoms with Crippen LogP contribution in [0, 0.1) is 13.8 Å². The van der Waals surface area contributed by atoms with E-state index in [1.165, 1.54) is 0 Å². The van der Waals surface area contributed by atoms with Crippen molar-refractivity contribution in [3.05, 3.63) is 68.7 Å². The van der Waals surface area contributed by atoms with Crippen molar-refractivity contribution in [2.24, 2.45) is 0 Å². The summed E-state index contributed by atoms with van der Waals surface area (Å²) in [6.45, 7) is 5.79. The highest BCUT2D eigenvalue weighted by atomic mass is 35.5. The Bertz CT molecular complexity index is 819. The summed E-state index contributed by atoms with van der Waals surface area (Å²) in [6, 6.07) is 10.5. The summed E-state index contributed by atoms with van der Waals surface area (Å²) in [5.74, 6) is -0.182. The summed E-state index contributed by atoms with van der Waals surface area (Å²) in [5.41, 5.74) is 3.64. The molecule has 0 saturated heterocycles. The van der Waals surface area contributed by atoms with Gasteiger partial charge in [0.05, 0.1) is 5.75 Å². The predicted octanol–water partition coefficient (Wildman–Crippen LogP) is 4.79. The van der Waals surface area contributed by atoms with Crippen LogP contribution in [0.5, 0.6) is 0 Å². The molecule has 0 fully saturated rings. The molecule has 1 unspecified atom stereocenters. The molecule has 0 aromatic heterocycles. The van der Waals surface area contributed by atoms with Gasteiger partial charge in [0.2, 0.25) is 10.0 Å². The standard InChI is InChI=1S/C17H19Cl2NO2S/c1-11-4-5-12(2)16(8-11)13(3)20-23(21,22)10-14-6-7-15(18)9-17(14)19/h4-9,13,20H,10H2,1-3H3. The molecule has 6 heteroatoms. The largest absolute Gasteiger partial charge is 0.216 e. The van der Waals surface area contributed by atoms with Gasteiger partial charge in [-0.3, -0.25) is 0 Å². The van der Waals surface area contributed by atoms with Gasteiger partial charge in [0.1, 0.15) is 0 Å². The van der Waals surface area contributed by atoms with Crippen molar-refractivity contribution in [3.63, 3.8) is 0 Å². The molecule has 0 aliphatic heterocycles. The molecule has 1 atom stereocenters.